The molecule has 134 valence electrons. The molecule has 1 heterocycles. The van der Waals surface area contributed by atoms with E-state index in [4.69, 9.17) is 9.39 Å². The molecule has 1 saturated heterocycles. The zero-order valence-electron chi connectivity index (χ0n) is 14.7. The van der Waals surface area contributed by atoms with E-state index in [2.05, 4.69) is 67.6 Å². The Morgan fingerprint density at radius 1 is 1.36 bits per heavy atom. The molecule has 1 aromatic rings. The molecule has 7 atom stereocenters. The van der Waals surface area contributed by atoms with Crippen LogP contribution in [0.25, 0.3) is 0 Å². The summed E-state index contributed by atoms with van der Waals surface area (Å²) < 4.78 is 11.5. The van der Waals surface area contributed by atoms with Gasteiger partial charge in [-0.1, -0.05) is 49.4 Å². The highest BCUT2D eigenvalue weighted by atomic mass is 31.1. The lowest BCUT2D eigenvalue weighted by molar-refractivity contribution is -0.141. The highest BCUT2D eigenvalue weighted by molar-refractivity contribution is 7.92. The molecule has 0 radical (unpaired) electrons. The number of hydrogen-bond donors (Lipinski definition) is 0. The third-order valence-corrected chi connectivity index (χ3v) is 5.59. The zero-order chi connectivity index (χ0) is 17.8. The van der Waals surface area contributed by atoms with E-state index in [-0.39, 0.29) is 36.4 Å². The van der Waals surface area contributed by atoms with E-state index in [1.165, 1.54) is 5.56 Å². The first-order valence-corrected chi connectivity index (χ1v) is 10.4. The van der Waals surface area contributed by atoms with Crippen molar-refractivity contribution in [2.75, 3.05) is 0 Å². The third kappa shape index (κ3) is 5.16. The van der Waals surface area contributed by atoms with Crippen molar-refractivity contribution in [3.8, 4) is 0 Å². The van der Waals surface area contributed by atoms with Crippen LogP contribution < -0.4 is 0 Å². The Bertz CT molecular complexity index is 608. The molecular weight excluding hydrogens is 349 g/mol. The maximum absolute atomic E-state index is 11.6. The zero-order valence-corrected chi connectivity index (χ0v) is 17.0. The van der Waals surface area contributed by atoms with E-state index < -0.39 is 0 Å². The van der Waals surface area contributed by atoms with Crippen LogP contribution in [-0.2, 0) is 20.6 Å². The molecule has 25 heavy (non-hydrogen) atoms. The largest absolute Gasteiger partial charge is 0.462 e. The minimum Gasteiger partial charge on any atom is -0.462 e. The minimum absolute atomic E-state index is 0.0283. The smallest absolute Gasteiger partial charge is 0.336 e. The molecule has 2 fully saturated rings. The van der Waals surface area contributed by atoms with Gasteiger partial charge in [-0.2, -0.15) is 0 Å². The second-order valence-corrected chi connectivity index (χ2v) is 9.32. The van der Waals surface area contributed by atoms with Crippen LogP contribution in [0.1, 0.15) is 31.7 Å². The number of hydrogen-bond acceptors (Lipinski definition) is 3. The monoisotopic (exact) mass is 376 g/mol. The van der Waals surface area contributed by atoms with E-state index in [1.54, 1.807) is 0 Å². The lowest BCUT2D eigenvalue weighted by Crippen LogP contribution is -2.24. The number of carbonyl (C=O) groups is 1. The summed E-state index contributed by atoms with van der Waals surface area (Å²) in [6, 6.07) is 10.6. The fraction of sp³-hybridized carbons (Fsp3) is 0.526. The van der Waals surface area contributed by atoms with Crippen LogP contribution in [0.2, 0.25) is 0 Å². The van der Waals surface area contributed by atoms with Crippen LogP contribution >= 0.6 is 18.2 Å². The molecule has 6 heteroatoms. The van der Waals surface area contributed by atoms with Gasteiger partial charge in [-0.3, -0.25) is 4.79 Å². The highest BCUT2D eigenvalue weighted by Crippen LogP contribution is 2.44. The van der Waals surface area contributed by atoms with Gasteiger partial charge >= 0.3 is 12.3 Å². The predicted molar refractivity (Wildman–Crippen MR) is 109 cm³/mol. The van der Waals surface area contributed by atoms with Crippen molar-refractivity contribution in [3.63, 3.8) is 0 Å². The van der Waals surface area contributed by atoms with Gasteiger partial charge in [-0.25, -0.2) is 0 Å². The second-order valence-electron chi connectivity index (χ2n) is 7.23. The molecule has 1 saturated carbocycles. The summed E-state index contributed by atoms with van der Waals surface area (Å²) in [5.41, 5.74) is 1.38. The SMILES string of the molecule is C[C@H](/C=C/[C@@H]1[C@H]2CC(=O)O[C@H]2C[C@H]1OB(P)P)CCc1ccccc1. The Morgan fingerprint density at radius 2 is 2.12 bits per heavy atom. The van der Waals surface area contributed by atoms with Crippen LogP contribution in [0.3, 0.4) is 0 Å². The lowest BCUT2D eigenvalue weighted by Gasteiger charge is -2.22. The molecule has 3 rings (SSSR count). The Labute approximate surface area is 155 Å². The summed E-state index contributed by atoms with van der Waals surface area (Å²) in [7, 11) is 5.32. The molecule has 0 bridgehead atoms. The minimum atomic E-state index is -0.0581. The number of ether oxygens (including phenoxy) is 1. The number of benzene rings is 1. The summed E-state index contributed by atoms with van der Waals surface area (Å²) in [4.78, 5) is 11.6. The Morgan fingerprint density at radius 3 is 2.84 bits per heavy atom. The van der Waals surface area contributed by atoms with Gasteiger partial charge in [-0.15, -0.1) is 18.2 Å². The number of carbonyl (C=O) groups excluding carboxylic acids is 1. The third-order valence-electron chi connectivity index (χ3n) is 5.28. The highest BCUT2D eigenvalue weighted by Gasteiger charge is 2.49. The molecule has 1 aliphatic carbocycles. The Kier molecular flexibility index (Phi) is 6.72. The summed E-state index contributed by atoms with van der Waals surface area (Å²) in [6.45, 7) is 2.26. The molecule has 0 aromatic heterocycles. The van der Waals surface area contributed by atoms with Crippen molar-refractivity contribution in [1.29, 1.82) is 0 Å². The number of fused-ring (bicyclic) bond motifs is 1. The average Bonchev–Trinajstić information content (AvgIpc) is 3.07. The van der Waals surface area contributed by atoms with Crippen LogP contribution in [-0.4, -0.2) is 24.5 Å². The number of aryl methyl sites for hydroxylation is 1. The first-order valence-electron chi connectivity index (χ1n) is 9.11. The fourth-order valence-corrected chi connectivity index (χ4v) is 4.37. The fourth-order valence-electron chi connectivity index (χ4n) is 3.96. The van der Waals surface area contributed by atoms with Crippen molar-refractivity contribution < 1.29 is 14.2 Å². The topological polar surface area (TPSA) is 35.5 Å². The van der Waals surface area contributed by atoms with Gasteiger partial charge in [-0.05, 0) is 24.3 Å². The standard InChI is InChI=1S/C19H27BO3P2/c1-13(7-9-14-5-3-2-4-6-14)8-10-15-16-11-19(21)22-17(16)12-18(15)23-20(24)25/h2-6,8,10,13,15-18H,7,9,11-12,24-25H2,1H3/b10-8+/t13-,15+,16+,17-,18+/m0/s1. The summed E-state index contributed by atoms with van der Waals surface area (Å²) in [5.74, 6) is 0.973. The van der Waals surface area contributed by atoms with Crippen LogP contribution in [0.5, 0.6) is 0 Å². The number of esters is 1. The van der Waals surface area contributed by atoms with Gasteiger partial charge in [0.1, 0.15) is 6.10 Å². The van der Waals surface area contributed by atoms with Gasteiger partial charge in [0.15, 0.2) is 0 Å². The van der Waals surface area contributed by atoms with E-state index in [0.717, 1.165) is 19.3 Å². The molecule has 0 amide bonds. The summed E-state index contributed by atoms with van der Waals surface area (Å²) >= 11 is 0. The summed E-state index contributed by atoms with van der Waals surface area (Å²) in [5, 5.41) is 0. The second kappa shape index (κ2) is 8.80. The van der Waals surface area contributed by atoms with Crippen molar-refractivity contribution in [3.05, 3.63) is 48.0 Å². The first-order chi connectivity index (χ1) is 12.0. The maximum atomic E-state index is 11.6. The van der Waals surface area contributed by atoms with Crippen molar-refractivity contribution in [2.24, 2.45) is 17.8 Å². The van der Waals surface area contributed by atoms with Gasteiger partial charge in [0, 0.05) is 18.3 Å². The molecular formula is C19H27BO3P2. The van der Waals surface area contributed by atoms with Crippen molar-refractivity contribution >= 4 is 30.6 Å². The van der Waals surface area contributed by atoms with Crippen LogP contribution in [0, 0.1) is 17.8 Å². The number of allylic oxidation sites excluding steroid dienone is 1. The van der Waals surface area contributed by atoms with Gasteiger partial charge in [0.25, 0.3) is 0 Å². The molecule has 0 N–H and O–H groups in total. The normalized spacial score (nSPS) is 29.6. The molecule has 0 spiro atoms. The molecule has 1 aliphatic heterocycles. The van der Waals surface area contributed by atoms with Crippen molar-refractivity contribution in [2.45, 2.75) is 44.8 Å². The Balaban J connectivity index is 1.59. The molecule has 3 nitrogen and oxygen atoms in total. The maximum Gasteiger partial charge on any atom is 0.336 e. The lowest BCUT2D eigenvalue weighted by atomic mass is 9.90. The van der Waals surface area contributed by atoms with E-state index >= 15 is 0 Å². The Hall–Kier alpha value is -0.685. The van der Waals surface area contributed by atoms with E-state index in [1.807, 2.05) is 0 Å². The molecule has 2 aliphatic rings. The van der Waals surface area contributed by atoms with Crippen molar-refractivity contribution in [1.82, 2.24) is 0 Å². The van der Waals surface area contributed by atoms with E-state index in [0.29, 0.717) is 12.3 Å². The quantitative estimate of drug-likeness (QED) is 0.314. The number of rotatable bonds is 7. The first kappa shape index (κ1) is 19.1. The summed E-state index contributed by atoms with van der Waals surface area (Å²) in [6.07, 6.45) is 8.31. The van der Waals surface area contributed by atoms with Gasteiger partial charge < -0.3 is 9.39 Å². The van der Waals surface area contributed by atoms with Gasteiger partial charge in [0.2, 0.25) is 0 Å². The molecule has 1 aromatic carbocycles. The molecule has 2 unspecified atom stereocenters. The van der Waals surface area contributed by atoms with E-state index in [9.17, 15) is 4.79 Å². The predicted octanol–water partition coefficient (Wildman–Crippen LogP) is 3.88. The van der Waals surface area contributed by atoms with Crippen LogP contribution in [0.4, 0.5) is 0 Å². The van der Waals surface area contributed by atoms with Gasteiger partial charge in [0.05, 0.1) is 12.5 Å². The average molecular weight is 376 g/mol. The van der Waals surface area contributed by atoms with Crippen LogP contribution in [0.15, 0.2) is 42.5 Å².